The summed E-state index contributed by atoms with van der Waals surface area (Å²) in [6.07, 6.45) is 10.5. The van der Waals surface area contributed by atoms with Crippen LogP contribution in [0.1, 0.15) is 26.7 Å². The van der Waals surface area contributed by atoms with Gasteiger partial charge in [0.05, 0.1) is 13.2 Å². The lowest BCUT2D eigenvalue weighted by atomic mass is 10.4. The molecule has 0 aromatic carbocycles. The van der Waals surface area contributed by atoms with Gasteiger partial charge < -0.3 is 4.74 Å². The minimum Gasteiger partial charge on any atom is -0.373 e. The molecule has 11 heavy (non-hydrogen) atoms. The van der Waals surface area contributed by atoms with E-state index in [9.17, 15) is 0 Å². The Morgan fingerprint density at radius 3 is 1.64 bits per heavy atom. The summed E-state index contributed by atoms with van der Waals surface area (Å²) in [5, 5.41) is 0. The molecule has 0 aliphatic rings. The zero-order valence-electron chi connectivity index (χ0n) is 7.55. The van der Waals surface area contributed by atoms with Crippen molar-refractivity contribution in [1.29, 1.82) is 0 Å². The monoisotopic (exact) mass is 154 g/mol. The zero-order chi connectivity index (χ0) is 8.36. The second-order valence-electron chi connectivity index (χ2n) is 2.30. The van der Waals surface area contributed by atoms with Crippen molar-refractivity contribution in [2.24, 2.45) is 0 Å². The van der Waals surface area contributed by atoms with Gasteiger partial charge >= 0.3 is 0 Å². The lowest BCUT2D eigenvalue weighted by molar-refractivity contribution is 0.193. The van der Waals surface area contributed by atoms with E-state index >= 15 is 0 Å². The predicted molar refractivity (Wildman–Crippen MR) is 49.7 cm³/mol. The summed E-state index contributed by atoms with van der Waals surface area (Å²) in [7, 11) is 0. The first-order valence-electron chi connectivity index (χ1n) is 4.29. The SMILES string of the molecule is CC/C=C\COC/C=C\CC. The third kappa shape index (κ3) is 9.44. The van der Waals surface area contributed by atoms with Crippen LogP contribution in [0.2, 0.25) is 0 Å². The van der Waals surface area contributed by atoms with Crippen LogP contribution in [0.5, 0.6) is 0 Å². The summed E-state index contributed by atoms with van der Waals surface area (Å²) >= 11 is 0. The Balaban J connectivity index is 3.02. The van der Waals surface area contributed by atoms with Crippen LogP contribution in [0.25, 0.3) is 0 Å². The van der Waals surface area contributed by atoms with Gasteiger partial charge in [0.25, 0.3) is 0 Å². The maximum atomic E-state index is 5.26. The van der Waals surface area contributed by atoms with Crippen molar-refractivity contribution in [3.63, 3.8) is 0 Å². The standard InChI is InChI=1S/C10H18O/c1-3-5-7-9-11-10-8-6-4-2/h5-8H,3-4,9-10H2,1-2H3/b7-5-,8-6-. The first-order chi connectivity index (χ1) is 5.41. The molecular weight excluding hydrogens is 136 g/mol. The molecule has 1 nitrogen and oxygen atoms in total. The van der Waals surface area contributed by atoms with E-state index < -0.39 is 0 Å². The minimum atomic E-state index is 0.738. The second kappa shape index (κ2) is 9.44. The van der Waals surface area contributed by atoms with E-state index in [0.29, 0.717) is 0 Å². The van der Waals surface area contributed by atoms with E-state index in [2.05, 4.69) is 38.2 Å². The molecular formula is C10H18O. The molecule has 64 valence electrons. The molecule has 0 heterocycles. The smallest absolute Gasteiger partial charge is 0.0651 e. The molecule has 0 saturated carbocycles. The molecule has 0 aliphatic heterocycles. The Morgan fingerprint density at radius 2 is 1.27 bits per heavy atom. The van der Waals surface area contributed by atoms with E-state index in [-0.39, 0.29) is 0 Å². The van der Waals surface area contributed by atoms with Crippen molar-refractivity contribution < 1.29 is 4.74 Å². The van der Waals surface area contributed by atoms with Crippen molar-refractivity contribution in [1.82, 2.24) is 0 Å². The summed E-state index contributed by atoms with van der Waals surface area (Å²) in [6, 6.07) is 0. The molecule has 0 spiro atoms. The number of allylic oxidation sites excluding steroid dienone is 2. The van der Waals surface area contributed by atoms with Crippen LogP contribution in [0.4, 0.5) is 0 Å². The molecule has 0 aliphatic carbocycles. The zero-order valence-corrected chi connectivity index (χ0v) is 7.55. The molecule has 0 N–H and O–H groups in total. The van der Waals surface area contributed by atoms with E-state index in [1.54, 1.807) is 0 Å². The lowest BCUT2D eigenvalue weighted by Crippen LogP contribution is -1.89. The molecule has 0 unspecified atom stereocenters. The third-order valence-electron chi connectivity index (χ3n) is 1.23. The fourth-order valence-corrected chi connectivity index (χ4v) is 0.674. The molecule has 0 saturated heterocycles. The summed E-state index contributed by atoms with van der Waals surface area (Å²) in [5.41, 5.74) is 0. The van der Waals surface area contributed by atoms with E-state index in [1.807, 2.05) is 0 Å². The van der Waals surface area contributed by atoms with Gasteiger partial charge in [-0.15, -0.1) is 0 Å². The molecule has 0 aromatic rings. The van der Waals surface area contributed by atoms with Crippen LogP contribution >= 0.6 is 0 Å². The van der Waals surface area contributed by atoms with Gasteiger partial charge in [-0.05, 0) is 12.8 Å². The highest BCUT2D eigenvalue weighted by molar-refractivity contribution is 4.82. The van der Waals surface area contributed by atoms with Gasteiger partial charge in [0.15, 0.2) is 0 Å². The maximum absolute atomic E-state index is 5.26. The fourth-order valence-electron chi connectivity index (χ4n) is 0.674. The van der Waals surface area contributed by atoms with Crippen LogP contribution in [0, 0.1) is 0 Å². The van der Waals surface area contributed by atoms with Crippen LogP contribution in [0.15, 0.2) is 24.3 Å². The number of hydrogen-bond donors (Lipinski definition) is 0. The minimum absolute atomic E-state index is 0.738. The number of rotatable bonds is 6. The third-order valence-corrected chi connectivity index (χ3v) is 1.23. The fraction of sp³-hybridized carbons (Fsp3) is 0.600. The first kappa shape index (κ1) is 10.4. The van der Waals surface area contributed by atoms with Crippen molar-refractivity contribution in [2.45, 2.75) is 26.7 Å². The van der Waals surface area contributed by atoms with Crippen molar-refractivity contribution >= 4 is 0 Å². The highest BCUT2D eigenvalue weighted by Crippen LogP contribution is 1.84. The van der Waals surface area contributed by atoms with Gasteiger partial charge in [0, 0.05) is 0 Å². The van der Waals surface area contributed by atoms with Crippen molar-refractivity contribution in [3.05, 3.63) is 24.3 Å². The van der Waals surface area contributed by atoms with Crippen LogP contribution in [-0.4, -0.2) is 13.2 Å². The largest absolute Gasteiger partial charge is 0.373 e. The van der Waals surface area contributed by atoms with Gasteiger partial charge in [-0.25, -0.2) is 0 Å². The molecule has 1 heteroatoms. The van der Waals surface area contributed by atoms with Crippen molar-refractivity contribution in [2.75, 3.05) is 13.2 Å². The Hall–Kier alpha value is -0.560. The molecule has 0 radical (unpaired) electrons. The number of hydrogen-bond acceptors (Lipinski definition) is 1. The van der Waals surface area contributed by atoms with Gasteiger partial charge in [-0.1, -0.05) is 38.2 Å². The molecule has 0 aromatic heterocycles. The maximum Gasteiger partial charge on any atom is 0.0651 e. The predicted octanol–water partition coefficient (Wildman–Crippen LogP) is 2.94. The first-order valence-corrected chi connectivity index (χ1v) is 4.29. The Morgan fingerprint density at radius 1 is 0.818 bits per heavy atom. The quantitative estimate of drug-likeness (QED) is 0.422. The average molecular weight is 154 g/mol. The van der Waals surface area contributed by atoms with Crippen LogP contribution in [0.3, 0.4) is 0 Å². The highest BCUT2D eigenvalue weighted by Gasteiger charge is 1.76. The summed E-state index contributed by atoms with van der Waals surface area (Å²) < 4.78 is 5.26. The van der Waals surface area contributed by atoms with E-state index in [1.165, 1.54) is 0 Å². The Kier molecular flexibility index (Phi) is 8.96. The highest BCUT2D eigenvalue weighted by atomic mass is 16.5. The molecule has 0 rings (SSSR count). The van der Waals surface area contributed by atoms with Crippen LogP contribution < -0.4 is 0 Å². The van der Waals surface area contributed by atoms with Crippen LogP contribution in [-0.2, 0) is 4.74 Å². The molecule has 0 fully saturated rings. The summed E-state index contributed by atoms with van der Waals surface area (Å²) in [6.45, 7) is 5.71. The lowest BCUT2D eigenvalue weighted by Gasteiger charge is -1.93. The van der Waals surface area contributed by atoms with Gasteiger partial charge in [0.2, 0.25) is 0 Å². The Bertz CT molecular complexity index is 100. The van der Waals surface area contributed by atoms with Crippen molar-refractivity contribution in [3.8, 4) is 0 Å². The van der Waals surface area contributed by atoms with Gasteiger partial charge in [-0.2, -0.15) is 0 Å². The van der Waals surface area contributed by atoms with Gasteiger partial charge in [0.1, 0.15) is 0 Å². The normalized spacial score (nSPS) is 11.8. The topological polar surface area (TPSA) is 9.23 Å². The second-order valence-corrected chi connectivity index (χ2v) is 2.30. The van der Waals surface area contributed by atoms with Gasteiger partial charge in [-0.3, -0.25) is 0 Å². The van der Waals surface area contributed by atoms with E-state index in [0.717, 1.165) is 26.1 Å². The van der Waals surface area contributed by atoms with E-state index in [4.69, 9.17) is 4.74 Å². The molecule has 0 atom stereocenters. The molecule has 0 bridgehead atoms. The Labute approximate surface area is 69.8 Å². The molecule has 0 amide bonds. The average Bonchev–Trinajstić information content (AvgIpc) is 2.03. The summed E-state index contributed by atoms with van der Waals surface area (Å²) in [5.74, 6) is 0. The number of ether oxygens (including phenoxy) is 1. The summed E-state index contributed by atoms with van der Waals surface area (Å²) in [4.78, 5) is 0.